The van der Waals surface area contributed by atoms with Crippen molar-refractivity contribution in [3.05, 3.63) is 34.9 Å². The van der Waals surface area contributed by atoms with Gasteiger partial charge < -0.3 is 18.9 Å². The summed E-state index contributed by atoms with van der Waals surface area (Å²) in [6.45, 7) is 2.10. The van der Waals surface area contributed by atoms with Gasteiger partial charge in [0, 0.05) is 11.1 Å². The van der Waals surface area contributed by atoms with Crippen molar-refractivity contribution in [1.82, 2.24) is 0 Å². The second kappa shape index (κ2) is 4.99. The van der Waals surface area contributed by atoms with Crippen LogP contribution in [0.5, 0.6) is 11.5 Å². The van der Waals surface area contributed by atoms with Crippen molar-refractivity contribution in [3.8, 4) is 11.5 Å². The third-order valence-corrected chi connectivity index (χ3v) is 5.06. The number of esters is 1. The molecule has 3 atom stereocenters. The summed E-state index contributed by atoms with van der Waals surface area (Å²) in [5.41, 5.74) is 2.36. The quantitative estimate of drug-likeness (QED) is 0.477. The summed E-state index contributed by atoms with van der Waals surface area (Å²) in [4.78, 5) is 12.4. The maximum atomic E-state index is 12.4. The highest BCUT2D eigenvalue weighted by Gasteiger charge is 2.73. The third-order valence-electron chi connectivity index (χ3n) is 5.06. The van der Waals surface area contributed by atoms with Gasteiger partial charge in [0.1, 0.15) is 17.6 Å². The predicted octanol–water partition coefficient (Wildman–Crippen LogP) is 2.72. The minimum atomic E-state index is -0.760. The van der Waals surface area contributed by atoms with Crippen LogP contribution in [0.1, 0.15) is 37.0 Å². The van der Waals surface area contributed by atoms with Crippen LogP contribution < -0.4 is 9.47 Å². The first kappa shape index (κ1) is 14.6. The summed E-state index contributed by atoms with van der Waals surface area (Å²) in [5.74, 6) is 1.23. The highest BCUT2D eigenvalue weighted by atomic mass is 16.7. The van der Waals surface area contributed by atoms with Crippen LogP contribution in [0.3, 0.4) is 0 Å². The third kappa shape index (κ3) is 1.99. The van der Waals surface area contributed by atoms with E-state index in [1.165, 1.54) is 5.57 Å². The lowest BCUT2D eigenvalue weighted by molar-refractivity contribution is -0.154. The fourth-order valence-corrected chi connectivity index (χ4v) is 3.82. The van der Waals surface area contributed by atoms with E-state index in [2.05, 4.69) is 13.0 Å². The molecule has 1 aromatic carbocycles. The van der Waals surface area contributed by atoms with Gasteiger partial charge in [0.2, 0.25) is 0 Å². The molecule has 4 rings (SSSR count). The smallest absolute Gasteiger partial charge is 0.342 e. The van der Waals surface area contributed by atoms with Crippen molar-refractivity contribution in [2.45, 2.75) is 44.0 Å². The molecule has 5 nitrogen and oxygen atoms in total. The zero-order valence-corrected chi connectivity index (χ0v) is 13.5. The molecule has 2 saturated heterocycles. The average Bonchev–Trinajstić information content (AvgIpc) is 3.21. The molecule has 122 valence electrons. The van der Waals surface area contributed by atoms with Gasteiger partial charge in [0.15, 0.2) is 11.7 Å². The molecule has 0 spiro atoms. The summed E-state index contributed by atoms with van der Waals surface area (Å²) in [6.07, 6.45) is 3.75. The first-order valence-corrected chi connectivity index (χ1v) is 7.89. The fraction of sp³-hybridized carbons (Fsp3) is 0.500. The number of rotatable bonds is 2. The molecule has 5 heteroatoms. The van der Waals surface area contributed by atoms with Crippen molar-refractivity contribution in [2.24, 2.45) is 0 Å². The number of methoxy groups -OCH3 is 2. The topological polar surface area (TPSA) is 57.3 Å². The molecular weight excluding hydrogens is 296 g/mol. The van der Waals surface area contributed by atoms with E-state index in [1.54, 1.807) is 14.2 Å². The first-order valence-electron chi connectivity index (χ1n) is 7.89. The molecule has 1 aliphatic carbocycles. The van der Waals surface area contributed by atoms with Crippen LogP contribution in [0.4, 0.5) is 0 Å². The number of hydrogen-bond donors (Lipinski definition) is 0. The average molecular weight is 316 g/mol. The van der Waals surface area contributed by atoms with Crippen LogP contribution in [0, 0.1) is 0 Å². The minimum Gasteiger partial charge on any atom is -0.496 e. The van der Waals surface area contributed by atoms with Crippen LogP contribution in [-0.4, -0.2) is 31.9 Å². The molecule has 23 heavy (non-hydrogen) atoms. The van der Waals surface area contributed by atoms with Gasteiger partial charge in [0.05, 0.1) is 14.2 Å². The maximum Gasteiger partial charge on any atom is 0.342 e. The number of ether oxygens (including phenoxy) is 4. The maximum absolute atomic E-state index is 12.4. The molecule has 0 aromatic heterocycles. The van der Waals surface area contributed by atoms with Crippen LogP contribution >= 0.6 is 0 Å². The van der Waals surface area contributed by atoms with Gasteiger partial charge in [0.25, 0.3) is 0 Å². The van der Waals surface area contributed by atoms with Crippen LogP contribution in [0.15, 0.2) is 23.8 Å². The van der Waals surface area contributed by atoms with Crippen LogP contribution in [0.25, 0.3) is 0 Å². The van der Waals surface area contributed by atoms with E-state index < -0.39 is 11.7 Å². The minimum absolute atomic E-state index is 0.221. The van der Waals surface area contributed by atoms with Crippen molar-refractivity contribution in [2.75, 3.05) is 14.2 Å². The highest BCUT2D eigenvalue weighted by molar-refractivity contribution is 5.87. The Labute approximate surface area is 135 Å². The number of benzene rings is 1. The van der Waals surface area contributed by atoms with Crippen molar-refractivity contribution >= 4 is 5.97 Å². The second-order valence-corrected chi connectivity index (χ2v) is 6.38. The summed E-state index contributed by atoms with van der Waals surface area (Å²) < 4.78 is 22.6. The number of allylic oxidation sites excluding steroid dienone is 2. The number of carbonyl (C=O) groups excluding carboxylic acids is 1. The molecule has 1 aromatic rings. The lowest BCUT2D eigenvalue weighted by Gasteiger charge is -2.22. The highest BCUT2D eigenvalue weighted by Crippen LogP contribution is 2.58. The van der Waals surface area contributed by atoms with E-state index in [4.69, 9.17) is 18.9 Å². The van der Waals surface area contributed by atoms with Gasteiger partial charge in [-0.15, -0.1) is 0 Å². The molecule has 0 amide bonds. The van der Waals surface area contributed by atoms with Gasteiger partial charge in [-0.3, -0.25) is 0 Å². The Balaban J connectivity index is 1.92. The van der Waals surface area contributed by atoms with E-state index >= 15 is 0 Å². The summed E-state index contributed by atoms with van der Waals surface area (Å²) >= 11 is 0. The molecule has 0 N–H and O–H groups in total. The summed E-state index contributed by atoms with van der Waals surface area (Å²) in [6, 6.07) is 3.76. The van der Waals surface area contributed by atoms with Gasteiger partial charge >= 0.3 is 5.97 Å². The number of epoxide rings is 1. The van der Waals surface area contributed by atoms with Crippen molar-refractivity contribution in [1.29, 1.82) is 0 Å². The Kier molecular flexibility index (Phi) is 3.17. The van der Waals surface area contributed by atoms with E-state index in [-0.39, 0.29) is 12.1 Å². The standard InChI is InChI=1S/C18H20O5/c1-10-5-4-8-18-16(23-18)15(22-17(18)19)14-11(9-10)12(20-2)6-7-13(14)21-3/h5-7,15-16H,4,8-9H2,1-3H3/b10-5+/t15-,16-,18-/m0/s1. The SMILES string of the molecule is COc1ccc(OC)c2c1C/C(C)=C/CC[C@]13O[C@H]1[C@H]2OC3=O. The second-order valence-electron chi connectivity index (χ2n) is 6.38. The Morgan fingerprint density at radius 2 is 1.96 bits per heavy atom. The zero-order chi connectivity index (χ0) is 16.2. The van der Waals surface area contributed by atoms with Crippen LogP contribution in [-0.2, 0) is 20.7 Å². The number of carbonyl (C=O) groups is 1. The van der Waals surface area contributed by atoms with Gasteiger partial charge in [-0.05, 0) is 38.3 Å². The van der Waals surface area contributed by atoms with Crippen molar-refractivity contribution in [3.63, 3.8) is 0 Å². The molecule has 2 bridgehead atoms. The number of hydrogen-bond acceptors (Lipinski definition) is 5. The first-order chi connectivity index (χ1) is 11.1. The van der Waals surface area contributed by atoms with E-state index in [1.807, 2.05) is 12.1 Å². The molecule has 0 saturated carbocycles. The lowest BCUT2D eigenvalue weighted by Crippen LogP contribution is -2.22. The Morgan fingerprint density at radius 1 is 1.22 bits per heavy atom. The molecule has 0 radical (unpaired) electrons. The molecule has 3 aliphatic rings. The largest absolute Gasteiger partial charge is 0.496 e. The lowest BCUT2D eigenvalue weighted by atomic mass is 9.88. The Hall–Kier alpha value is -2.01. The molecule has 0 unspecified atom stereocenters. The van der Waals surface area contributed by atoms with Crippen LogP contribution in [0.2, 0.25) is 0 Å². The normalized spacial score (nSPS) is 33.7. The van der Waals surface area contributed by atoms with Gasteiger partial charge in [-0.1, -0.05) is 11.6 Å². The number of fused-ring (bicyclic) bond motifs is 2. The zero-order valence-electron chi connectivity index (χ0n) is 13.5. The van der Waals surface area contributed by atoms with E-state index in [0.717, 1.165) is 29.7 Å². The molecule has 2 fully saturated rings. The van der Waals surface area contributed by atoms with Gasteiger partial charge in [-0.2, -0.15) is 0 Å². The molecular formula is C18H20O5. The van der Waals surface area contributed by atoms with Crippen molar-refractivity contribution < 1.29 is 23.7 Å². The molecule has 2 aliphatic heterocycles. The fourth-order valence-electron chi connectivity index (χ4n) is 3.82. The molecule has 2 heterocycles. The Bertz CT molecular complexity index is 708. The monoisotopic (exact) mass is 316 g/mol. The summed E-state index contributed by atoms with van der Waals surface area (Å²) in [5, 5.41) is 0. The Morgan fingerprint density at radius 3 is 2.65 bits per heavy atom. The predicted molar refractivity (Wildman–Crippen MR) is 82.7 cm³/mol. The van der Waals surface area contributed by atoms with Gasteiger partial charge in [-0.25, -0.2) is 4.79 Å². The van der Waals surface area contributed by atoms with E-state index in [0.29, 0.717) is 12.2 Å². The van der Waals surface area contributed by atoms with E-state index in [9.17, 15) is 4.79 Å². The summed E-state index contributed by atoms with van der Waals surface area (Å²) in [7, 11) is 3.28.